The van der Waals surface area contributed by atoms with Crippen molar-refractivity contribution in [2.24, 2.45) is 11.7 Å². The van der Waals surface area contributed by atoms with Gasteiger partial charge in [-0.25, -0.2) is 4.98 Å². The third kappa shape index (κ3) is 3.20. The highest BCUT2D eigenvalue weighted by Gasteiger charge is 2.17. The number of nitrogens with one attached hydrogen (secondary N) is 1. The Morgan fingerprint density at radius 3 is 2.84 bits per heavy atom. The van der Waals surface area contributed by atoms with Gasteiger partial charge >= 0.3 is 0 Å². The molecule has 0 bridgehead atoms. The van der Waals surface area contributed by atoms with Gasteiger partial charge in [-0.3, -0.25) is 4.79 Å². The number of hydrogen-bond acceptors (Lipinski definition) is 4. The Morgan fingerprint density at radius 2 is 2.21 bits per heavy atom. The Hall–Kier alpha value is -2.14. The first-order chi connectivity index (χ1) is 9.08. The van der Waals surface area contributed by atoms with Crippen LogP contribution in [0.5, 0.6) is 0 Å². The van der Waals surface area contributed by atoms with E-state index in [4.69, 9.17) is 10.2 Å². The number of oxazole rings is 1. The second-order valence-corrected chi connectivity index (χ2v) is 4.71. The largest absolute Gasteiger partial charge is 0.444 e. The highest BCUT2D eigenvalue weighted by Crippen LogP contribution is 2.22. The van der Waals surface area contributed by atoms with Crippen LogP contribution in [0.1, 0.15) is 13.8 Å². The van der Waals surface area contributed by atoms with Crippen molar-refractivity contribution < 1.29 is 9.21 Å². The molecule has 5 nitrogen and oxygen atoms in total. The molecule has 1 atom stereocenters. The molecule has 0 saturated carbocycles. The van der Waals surface area contributed by atoms with Crippen LogP contribution in [-0.4, -0.2) is 16.9 Å². The molecule has 0 aliphatic carbocycles. The summed E-state index contributed by atoms with van der Waals surface area (Å²) in [6, 6.07) is 6.84. The second-order valence-electron chi connectivity index (χ2n) is 4.71. The summed E-state index contributed by atoms with van der Waals surface area (Å²) < 4.78 is 5.22. The van der Waals surface area contributed by atoms with Gasteiger partial charge in [0.1, 0.15) is 0 Å². The number of aromatic nitrogens is 1. The molecule has 0 aliphatic heterocycles. The zero-order chi connectivity index (χ0) is 13.8. The summed E-state index contributed by atoms with van der Waals surface area (Å²) in [4.78, 5) is 15.7. The molecule has 0 spiro atoms. The van der Waals surface area contributed by atoms with Crippen LogP contribution < -0.4 is 11.1 Å². The van der Waals surface area contributed by atoms with E-state index >= 15 is 0 Å². The summed E-state index contributed by atoms with van der Waals surface area (Å²) in [5, 5.41) is 2.80. The molecule has 1 heterocycles. The first kappa shape index (κ1) is 13.3. The highest BCUT2D eigenvalue weighted by atomic mass is 16.3. The number of rotatable bonds is 4. The lowest BCUT2D eigenvalue weighted by Crippen LogP contribution is -2.39. The van der Waals surface area contributed by atoms with Crippen LogP contribution in [0.3, 0.4) is 0 Å². The van der Waals surface area contributed by atoms with Crippen molar-refractivity contribution in [1.82, 2.24) is 4.98 Å². The molecule has 5 heteroatoms. The number of nitrogens with zero attached hydrogens (tertiary/aromatic N) is 1. The average molecular weight is 259 g/mol. The SMILES string of the molecule is CC(C)C(N)C(=O)Nc1cccc(-c2cnco2)c1. The number of nitrogens with two attached hydrogens (primary N) is 1. The van der Waals surface area contributed by atoms with Gasteiger partial charge in [0, 0.05) is 11.3 Å². The van der Waals surface area contributed by atoms with E-state index in [9.17, 15) is 4.79 Å². The van der Waals surface area contributed by atoms with E-state index in [0.717, 1.165) is 5.56 Å². The minimum Gasteiger partial charge on any atom is -0.444 e. The Kier molecular flexibility index (Phi) is 3.97. The van der Waals surface area contributed by atoms with Crippen molar-refractivity contribution >= 4 is 11.6 Å². The molecule has 0 radical (unpaired) electrons. The van der Waals surface area contributed by atoms with Crippen molar-refractivity contribution in [3.05, 3.63) is 36.9 Å². The fourth-order valence-electron chi connectivity index (χ4n) is 1.64. The molecule has 0 fully saturated rings. The summed E-state index contributed by atoms with van der Waals surface area (Å²) in [5.41, 5.74) is 7.34. The molecule has 1 aromatic carbocycles. The van der Waals surface area contributed by atoms with Gasteiger partial charge in [-0.05, 0) is 18.1 Å². The fraction of sp³-hybridized carbons (Fsp3) is 0.286. The quantitative estimate of drug-likeness (QED) is 0.882. The number of hydrogen-bond donors (Lipinski definition) is 2. The molecule has 1 aromatic heterocycles. The van der Waals surface area contributed by atoms with Crippen molar-refractivity contribution in [3.63, 3.8) is 0 Å². The lowest BCUT2D eigenvalue weighted by Gasteiger charge is -2.15. The smallest absolute Gasteiger partial charge is 0.241 e. The molecule has 0 saturated heterocycles. The van der Waals surface area contributed by atoms with E-state index in [1.54, 1.807) is 6.20 Å². The summed E-state index contributed by atoms with van der Waals surface area (Å²) in [7, 11) is 0. The van der Waals surface area contributed by atoms with Crippen LogP contribution in [0.15, 0.2) is 41.3 Å². The average Bonchev–Trinajstić information content (AvgIpc) is 2.91. The Labute approximate surface area is 111 Å². The second kappa shape index (κ2) is 5.67. The van der Waals surface area contributed by atoms with Gasteiger partial charge in [-0.15, -0.1) is 0 Å². The lowest BCUT2D eigenvalue weighted by atomic mass is 10.0. The van der Waals surface area contributed by atoms with Gasteiger partial charge in [0.2, 0.25) is 5.91 Å². The molecule has 3 N–H and O–H groups in total. The Bertz CT molecular complexity index is 550. The van der Waals surface area contributed by atoms with Crippen LogP contribution in [0.4, 0.5) is 5.69 Å². The maximum absolute atomic E-state index is 11.9. The van der Waals surface area contributed by atoms with Crippen LogP contribution in [0.25, 0.3) is 11.3 Å². The molecule has 1 amide bonds. The van der Waals surface area contributed by atoms with E-state index in [2.05, 4.69) is 10.3 Å². The van der Waals surface area contributed by atoms with Crippen LogP contribution in [-0.2, 0) is 4.79 Å². The topological polar surface area (TPSA) is 81.2 Å². The van der Waals surface area contributed by atoms with Crippen molar-refractivity contribution in [1.29, 1.82) is 0 Å². The number of amides is 1. The van der Waals surface area contributed by atoms with E-state index in [-0.39, 0.29) is 11.8 Å². The third-order valence-corrected chi connectivity index (χ3v) is 2.87. The molecular formula is C14H17N3O2. The van der Waals surface area contributed by atoms with Crippen LogP contribution in [0.2, 0.25) is 0 Å². The summed E-state index contributed by atoms with van der Waals surface area (Å²) >= 11 is 0. The van der Waals surface area contributed by atoms with E-state index in [1.807, 2.05) is 38.1 Å². The molecular weight excluding hydrogens is 242 g/mol. The normalized spacial score (nSPS) is 12.4. The predicted molar refractivity (Wildman–Crippen MR) is 73.4 cm³/mol. The number of carbonyl (C=O) groups excluding carboxylic acids is 1. The summed E-state index contributed by atoms with van der Waals surface area (Å²) in [5.74, 6) is 0.562. The first-order valence-electron chi connectivity index (χ1n) is 6.13. The van der Waals surface area contributed by atoms with Gasteiger partial charge < -0.3 is 15.5 Å². The third-order valence-electron chi connectivity index (χ3n) is 2.87. The van der Waals surface area contributed by atoms with E-state index < -0.39 is 6.04 Å². The van der Waals surface area contributed by atoms with Crippen LogP contribution >= 0.6 is 0 Å². The maximum Gasteiger partial charge on any atom is 0.241 e. The van der Waals surface area contributed by atoms with Gasteiger partial charge in [0.25, 0.3) is 0 Å². The molecule has 2 rings (SSSR count). The first-order valence-corrected chi connectivity index (χ1v) is 6.13. The van der Waals surface area contributed by atoms with Gasteiger partial charge in [-0.1, -0.05) is 26.0 Å². The minimum atomic E-state index is -0.520. The minimum absolute atomic E-state index is 0.0949. The van der Waals surface area contributed by atoms with Crippen molar-refractivity contribution in [3.8, 4) is 11.3 Å². The van der Waals surface area contributed by atoms with Crippen molar-refractivity contribution in [2.75, 3.05) is 5.32 Å². The Balaban J connectivity index is 2.14. The zero-order valence-corrected chi connectivity index (χ0v) is 11.0. The molecule has 0 aliphatic rings. The molecule has 2 aromatic rings. The number of carbonyl (C=O) groups is 1. The number of benzene rings is 1. The fourth-order valence-corrected chi connectivity index (χ4v) is 1.64. The summed E-state index contributed by atoms with van der Waals surface area (Å²) in [6.07, 6.45) is 3.00. The van der Waals surface area contributed by atoms with Gasteiger partial charge in [0.15, 0.2) is 12.2 Å². The van der Waals surface area contributed by atoms with Crippen molar-refractivity contribution in [2.45, 2.75) is 19.9 Å². The maximum atomic E-state index is 11.9. The monoisotopic (exact) mass is 259 g/mol. The summed E-state index contributed by atoms with van der Waals surface area (Å²) in [6.45, 7) is 3.82. The highest BCUT2D eigenvalue weighted by molar-refractivity contribution is 5.95. The molecule has 100 valence electrons. The number of anilines is 1. The standard InChI is InChI=1S/C14H17N3O2/c1-9(2)13(15)14(18)17-11-5-3-4-10(6-11)12-7-16-8-19-12/h3-9,13H,15H2,1-2H3,(H,17,18). The van der Waals surface area contributed by atoms with Crippen LogP contribution in [0, 0.1) is 5.92 Å². The zero-order valence-electron chi connectivity index (χ0n) is 11.0. The predicted octanol–water partition coefficient (Wildman–Crippen LogP) is 2.26. The molecule has 1 unspecified atom stereocenters. The van der Waals surface area contributed by atoms with E-state index in [1.165, 1.54) is 6.39 Å². The van der Waals surface area contributed by atoms with Gasteiger partial charge in [-0.2, -0.15) is 0 Å². The Morgan fingerprint density at radius 1 is 1.42 bits per heavy atom. The van der Waals surface area contributed by atoms with E-state index in [0.29, 0.717) is 11.4 Å². The molecule has 19 heavy (non-hydrogen) atoms. The van der Waals surface area contributed by atoms with Gasteiger partial charge in [0.05, 0.1) is 12.2 Å². The lowest BCUT2D eigenvalue weighted by molar-refractivity contribution is -0.118.